The minimum absolute atomic E-state index is 0.166. The molecule has 2 N–H and O–H groups in total. The molecule has 0 aliphatic carbocycles. The van der Waals surface area contributed by atoms with E-state index < -0.39 is 0 Å². The standard InChI is InChI=1S/C14H17N3O2/c18-5-3-11-1-2-14-13(7-11)17(4-6-19-14)9-12-8-15-10-16-12/h1-2,7-8,10,18H,3-6,9H2,(H,15,16). The molecule has 0 radical (unpaired) electrons. The number of aromatic amines is 1. The van der Waals surface area contributed by atoms with Crippen LogP contribution in [0.15, 0.2) is 30.7 Å². The number of hydrogen-bond acceptors (Lipinski definition) is 4. The van der Waals surface area contributed by atoms with E-state index in [1.165, 1.54) is 0 Å². The Balaban J connectivity index is 1.86. The van der Waals surface area contributed by atoms with Crippen molar-refractivity contribution in [1.82, 2.24) is 9.97 Å². The van der Waals surface area contributed by atoms with Gasteiger partial charge in [-0.3, -0.25) is 0 Å². The number of H-pyrrole nitrogens is 1. The van der Waals surface area contributed by atoms with Crippen molar-refractivity contribution in [2.45, 2.75) is 13.0 Å². The van der Waals surface area contributed by atoms with Crippen LogP contribution in [0.5, 0.6) is 5.75 Å². The smallest absolute Gasteiger partial charge is 0.142 e. The lowest BCUT2D eigenvalue weighted by Crippen LogP contribution is -2.32. The van der Waals surface area contributed by atoms with E-state index in [0.29, 0.717) is 13.0 Å². The number of fused-ring (bicyclic) bond motifs is 1. The zero-order valence-corrected chi connectivity index (χ0v) is 10.7. The lowest BCUT2D eigenvalue weighted by Gasteiger charge is -2.31. The van der Waals surface area contributed by atoms with Crippen molar-refractivity contribution in [1.29, 1.82) is 0 Å². The summed E-state index contributed by atoms with van der Waals surface area (Å²) in [7, 11) is 0. The molecule has 100 valence electrons. The average molecular weight is 259 g/mol. The summed E-state index contributed by atoms with van der Waals surface area (Å²) in [6.45, 7) is 2.47. The number of imidazole rings is 1. The molecule has 2 heterocycles. The second-order valence-corrected chi connectivity index (χ2v) is 4.61. The van der Waals surface area contributed by atoms with E-state index in [4.69, 9.17) is 9.84 Å². The summed E-state index contributed by atoms with van der Waals surface area (Å²) in [4.78, 5) is 9.50. The Hall–Kier alpha value is -2.01. The van der Waals surface area contributed by atoms with E-state index in [1.807, 2.05) is 18.3 Å². The third-order valence-corrected chi connectivity index (χ3v) is 3.29. The van der Waals surface area contributed by atoms with Crippen molar-refractivity contribution < 1.29 is 9.84 Å². The van der Waals surface area contributed by atoms with Gasteiger partial charge in [0, 0.05) is 12.8 Å². The van der Waals surface area contributed by atoms with Gasteiger partial charge < -0.3 is 19.7 Å². The predicted molar refractivity (Wildman–Crippen MR) is 72.4 cm³/mol. The number of rotatable bonds is 4. The zero-order valence-electron chi connectivity index (χ0n) is 10.7. The fraction of sp³-hybridized carbons (Fsp3) is 0.357. The fourth-order valence-corrected chi connectivity index (χ4v) is 2.34. The minimum atomic E-state index is 0.166. The molecule has 0 saturated carbocycles. The maximum atomic E-state index is 9.04. The van der Waals surface area contributed by atoms with Gasteiger partial charge in [-0.2, -0.15) is 0 Å². The predicted octanol–water partition coefficient (Wildman–Crippen LogP) is 1.34. The summed E-state index contributed by atoms with van der Waals surface area (Å²) in [6.07, 6.45) is 4.27. The third-order valence-electron chi connectivity index (χ3n) is 3.29. The topological polar surface area (TPSA) is 61.4 Å². The van der Waals surface area contributed by atoms with Gasteiger partial charge >= 0.3 is 0 Å². The first kappa shape index (κ1) is 12.0. The van der Waals surface area contributed by atoms with Gasteiger partial charge in [-0.1, -0.05) is 6.07 Å². The normalized spacial score (nSPS) is 14.1. The number of hydrogen-bond donors (Lipinski definition) is 2. The molecule has 2 aromatic rings. The number of aromatic nitrogens is 2. The van der Waals surface area contributed by atoms with Gasteiger partial charge in [-0.25, -0.2) is 4.98 Å². The van der Waals surface area contributed by atoms with E-state index >= 15 is 0 Å². The highest BCUT2D eigenvalue weighted by molar-refractivity contribution is 5.61. The molecule has 1 aliphatic rings. The molecule has 3 rings (SSSR count). The number of aliphatic hydroxyl groups excluding tert-OH is 1. The number of anilines is 1. The highest BCUT2D eigenvalue weighted by Crippen LogP contribution is 2.33. The van der Waals surface area contributed by atoms with Crippen LogP contribution in [0.1, 0.15) is 11.3 Å². The first-order valence-corrected chi connectivity index (χ1v) is 6.46. The SMILES string of the molecule is OCCc1ccc2c(c1)N(Cc1c[nH]cn1)CCO2. The largest absolute Gasteiger partial charge is 0.490 e. The van der Waals surface area contributed by atoms with E-state index in [2.05, 4.69) is 20.9 Å². The van der Waals surface area contributed by atoms with Crippen LogP contribution in [0.2, 0.25) is 0 Å². The first-order chi connectivity index (χ1) is 9.36. The van der Waals surface area contributed by atoms with Crippen molar-refractivity contribution in [3.63, 3.8) is 0 Å². The second-order valence-electron chi connectivity index (χ2n) is 4.61. The molecule has 5 nitrogen and oxygen atoms in total. The molecule has 1 aromatic carbocycles. The number of nitrogens with zero attached hydrogens (tertiary/aromatic N) is 2. The average Bonchev–Trinajstić information content (AvgIpc) is 2.93. The number of ether oxygens (including phenoxy) is 1. The van der Waals surface area contributed by atoms with E-state index in [1.54, 1.807) is 6.33 Å². The van der Waals surface area contributed by atoms with Gasteiger partial charge in [0.15, 0.2) is 0 Å². The van der Waals surface area contributed by atoms with Gasteiger partial charge in [0.1, 0.15) is 12.4 Å². The lowest BCUT2D eigenvalue weighted by atomic mass is 10.1. The quantitative estimate of drug-likeness (QED) is 0.870. The van der Waals surface area contributed by atoms with E-state index in [0.717, 1.165) is 35.8 Å². The molecule has 19 heavy (non-hydrogen) atoms. The molecular formula is C14H17N3O2. The van der Waals surface area contributed by atoms with Crippen LogP contribution in [0.4, 0.5) is 5.69 Å². The Kier molecular flexibility index (Phi) is 3.37. The summed E-state index contributed by atoms with van der Waals surface area (Å²) in [6, 6.07) is 6.08. The van der Waals surface area contributed by atoms with E-state index in [9.17, 15) is 0 Å². The van der Waals surface area contributed by atoms with E-state index in [-0.39, 0.29) is 6.61 Å². The summed E-state index contributed by atoms with van der Waals surface area (Å²) in [5, 5.41) is 9.04. The maximum absolute atomic E-state index is 9.04. The first-order valence-electron chi connectivity index (χ1n) is 6.46. The van der Waals surface area contributed by atoms with Crippen LogP contribution in [-0.2, 0) is 13.0 Å². The summed E-state index contributed by atoms with van der Waals surface area (Å²) in [5.74, 6) is 0.906. The number of aliphatic hydroxyl groups is 1. The lowest BCUT2D eigenvalue weighted by molar-refractivity contribution is 0.298. The molecule has 0 bridgehead atoms. The zero-order chi connectivity index (χ0) is 13.1. The van der Waals surface area contributed by atoms with Gasteiger partial charge in [-0.15, -0.1) is 0 Å². The van der Waals surface area contributed by atoms with Crippen molar-refractivity contribution in [3.05, 3.63) is 42.0 Å². The minimum Gasteiger partial charge on any atom is -0.490 e. The number of nitrogens with one attached hydrogen (secondary N) is 1. The molecule has 0 spiro atoms. The Morgan fingerprint density at radius 2 is 2.37 bits per heavy atom. The molecule has 5 heteroatoms. The van der Waals surface area contributed by atoms with Crippen LogP contribution in [0, 0.1) is 0 Å². The van der Waals surface area contributed by atoms with Gasteiger partial charge in [0.05, 0.1) is 30.8 Å². The van der Waals surface area contributed by atoms with Crippen molar-refractivity contribution in [3.8, 4) is 5.75 Å². The Bertz CT molecular complexity index is 540. The molecule has 0 saturated heterocycles. The molecule has 1 aliphatic heterocycles. The third kappa shape index (κ3) is 2.56. The van der Waals surface area contributed by atoms with Crippen LogP contribution in [0.3, 0.4) is 0 Å². The van der Waals surface area contributed by atoms with Crippen molar-refractivity contribution >= 4 is 5.69 Å². The molecule has 1 aromatic heterocycles. The molecular weight excluding hydrogens is 242 g/mol. The summed E-state index contributed by atoms with van der Waals surface area (Å²) in [5.41, 5.74) is 3.22. The Labute approximate surface area is 111 Å². The second kappa shape index (κ2) is 5.32. The van der Waals surface area contributed by atoms with Crippen molar-refractivity contribution in [2.24, 2.45) is 0 Å². The van der Waals surface area contributed by atoms with Gasteiger partial charge in [0.25, 0.3) is 0 Å². The number of benzene rings is 1. The maximum Gasteiger partial charge on any atom is 0.142 e. The fourth-order valence-electron chi connectivity index (χ4n) is 2.34. The Morgan fingerprint density at radius 3 is 3.16 bits per heavy atom. The highest BCUT2D eigenvalue weighted by Gasteiger charge is 2.19. The van der Waals surface area contributed by atoms with Crippen LogP contribution in [-0.4, -0.2) is 34.8 Å². The van der Waals surface area contributed by atoms with Gasteiger partial charge in [0.2, 0.25) is 0 Å². The monoisotopic (exact) mass is 259 g/mol. The molecule has 0 atom stereocenters. The van der Waals surface area contributed by atoms with Crippen molar-refractivity contribution in [2.75, 3.05) is 24.7 Å². The van der Waals surface area contributed by atoms with Gasteiger partial charge in [-0.05, 0) is 24.1 Å². The summed E-state index contributed by atoms with van der Waals surface area (Å²) >= 11 is 0. The van der Waals surface area contributed by atoms with Crippen LogP contribution >= 0.6 is 0 Å². The van der Waals surface area contributed by atoms with Crippen LogP contribution in [0.25, 0.3) is 0 Å². The molecule has 0 amide bonds. The molecule has 0 unspecified atom stereocenters. The summed E-state index contributed by atoms with van der Waals surface area (Å²) < 4.78 is 5.67. The van der Waals surface area contributed by atoms with Crippen LogP contribution < -0.4 is 9.64 Å². The highest BCUT2D eigenvalue weighted by atomic mass is 16.5. The molecule has 0 fully saturated rings. The Morgan fingerprint density at radius 1 is 1.42 bits per heavy atom.